The normalized spacial score (nSPS) is 10.1. The first-order valence-electron chi connectivity index (χ1n) is 4.49. The van der Waals surface area contributed by atoms with Gasteiger partial charge in [0.1, 0.15) is 0 Å². The molecule has 0 atom stereocenters. The summed E-state index contributed by atoms with van der Waals surface area (Å²) >= 11 is -0.00384. The van der Waals surface area contributed by atoms with Crippen molar-refractivity contribution < 1.29 is 0 Å². The van der Waals surface area contributed by atoms with Crippen molar-refractivity contribution in [1.29, 1.82) is 0 Å². The summed E-state index contributed by atoms with van der Waals surface area (Å²) in [5, 5.41) is 0. The van der Waals surface area contributed by atoms with Crippen LogP contribution in [0.5, 0.6) is 0 Å². The van der Waals surface area contributed by atoms with Gasteiger partial charge in [-0.25, -0.2) is 0 Å². The standard InChI is InChI=1S/C12H10ClI.ClI/c13-14(11-7-3-1-4-8-11)12-9-5-2-6-10-12;1-2/h1-10H;. The molecule has 0 nitrogen and oxygen atoms in total. The molecule has 2 aromatic carbocycles. The van der Waals surface area contributed by atoms with Crippen molar-refractivity contribution in [2.45, 2.75) is 0 Å². The van der Waals surface area contributed by atoms with Gasteiger partial charge in [0.15, 0.2) is 0 Å². The molecule has 0 spiro atoms. The molecule has 0 saturated heterocycles. The molecule has 0 saturated carbocycles. The number of hydrogen-bond donors (Lipinski definition) is 0. The first-order chi connectivity index (χ1) is 7.88. The van der Waals surface area contributed by atoms with Gasteiger partial charge in [-0.15, -0.1) is 0 Å². The number of benzene rings is 2. The molecule has 0 N–H and O–H groups in total. The summed E-state index contributed by atoms with van der Waals surface area (Å²) in [6.45, 7) is 0. The molecule has 0 amide bonds. The zero-order chi connectivity index (χ0) is 11.8. The third-order valence-corrected chi connectivity index (χ3v) is 7.69. The van der Waals surface area contributed by atoms with E-state index in [1.807, 2.05) is 36.4 Å². The van der Waals surface area contributed by atoms with Crippen LogP contribution in [0.4, 0.5) is 0 Å². The minimum absolute atomic E-state index is 1.30. The van der Waals surface area contributed by atoms with E-state index in [9.17, 15) is 0 Å². The van der Waals surface area contributed by atoms with E-state index in [0.29, 0.717) is 0 Å². The zero-order valence-electron chi connectivity index (χ0n) is 8.29. The van der Waals surface area contributed by atoms with Gasteiger partial charge in [0.25, 0.3) is 0 Å². The molecule has 0 radical (unpaired) electrons. The van der Waals surface area contributed by atoms with Crippen LogP contribution in [0.25, 0.3) is 0 Å². The monoisotopic (exact) mass is 478 g/mol. The zero-order valence-corrected chi connectivity index (χ0v) is 14.1. The van der Waals surface area contributed by atoms with Crippen molar-refractivity contribution in [3.63, 3.8) is 0 Å². The van der Waals surface area contributed by atoms with Crippen molar-refractivity contribution >= 4 is 58.0 Å². The molecule has 0 aliphatic heterocycles. The van der Waals surface area contributed by atoms with Gasteiger partial charge < -0.3 is 0 Å². The maximum absolute atomic E-state index is 6.49. The Morgan fingerprint density at radius 2 is 1.00 bits per heavy atom. The molecular weight excluding hydrogens is 469 g/mol. The van der Waals surface area contributed by atoms with Crippen molar-refractivity contribution in [1.82, 2.24) is 0 Å². The van der Waals surface area contributed by atoms with Gasteiger partial charge in [-0.05, 0) is 8.91 Å². The molecule has 0 heterocycles. The van der Waals surface area contributed by atoms with Gasteiger partial charge in [-0.1, -0.05) is 0 Å². The van der Waals surface area contributed by atoms with Crippen LogP contribution < -0.4 is 0 Å². The predicted octanol–water partition coefficient (Wildman–Crippen LogP) is 5.96. The van der Waals surface area contributed by atoms with Gasteiger partial charge in [-0.3, -0.25) is 0 Å². The van der Waals surface area contributed by atoms with Crippen LogP contribution in [0.1, 0.15) is 0 Å². The van der Waals surface area contributed by atoms with Crippen LogP contribution in [0.15, 0.2) is 60.7 Å². The van der Waals surface area contributed by atoms with Crippen LogP contribution in [-0.2, 0) is 0 Å². The first kappa shape index (κ1) is 14.5. The molecule has 2 rings (SSSR count). The Kier molecular flexibility index (Phi) is 7.77. The molecule has 0 bridgehead atoms. The fraction of sp³-hybridized carbons (Fsp3) is 0. The molecule has 0 aromatic heterocycles. The summed E-state index contributed by atoms with van der Waals surface area (Å²) in [6.07, 6.45) is 0. The Bertz CT molecular complexity index is 353. The molecule has 2 aromatic rings. The van der Waals surface area contributed by atoms with Crippen LogP contribution in [-0.4, -0.2) is 0 Å². The van der Waals surface area contributed by atoms with E-state index in [0.717, 1.165) is 0 Å². The van der Waals surface area contributed by atoms with E-state index in [4.69, 9.17) is 8.91 Å². The first-order valence-corrected chi connectivity index (χ1v) is 12.1. The van der Waals surface area contributed by atoms with Gasteiger partial charge in [0.05, 0.1) is 0 Å². The van der Waals surface area contributed by atoms with Crippen molar-refractivity contribution in [2.75, 3.05) is 0 Å². The second-order valence-corrected chi connectivity index (χ2v) is 8.59. The van der Waals surface area contributed by atoms with E-state index in [1.165, 1.54) is 7.14 Å². The fourth-order valence-electron chi connectivity index (χ4n) is 1.18. The Balaban J connectivity index is 0.000000606. The van der Waals surface area contributed by atoms with Crippen molar-refractivity contribution in [3.05, 3.63) is 67.8 Å². The molecule has 0 unspecified atom stereocenters. The summed E-state index contributed by atoms with van der Waals surface area (Å²) in [4.78, 5) is 0. The Morgan fingerprint density at radius 3 is 1.31 bits per heavy atom. The number of halogens is 4. The Morgan fingerprint density at radius 1 is 0.688 bits per heavy atom. The summed E-state index contributed by atoms with van der Waals surface area (Å²) in [6, 6.07) is 20.7. The summed E-state index contributed by atoms with van der Waals surface area (Å²) in [5.41, 5.74) is 0. The summed E-state index contributed by atoms with van der Waals surface area (Å²) in [7, 11) is 11.1. The van der Waals surface area contributed by atoms with E-state index in [1.54, 1.807) is 21.5 Å². The molecule has 0 aliphatic carbocycles. The molecule has 0 fully saturated rings. The van der Waals surface area contributed by atoms with Gasteiger partial charge >= 0.3 is 95.4 Å². The third kappa shape index (κ3) is 4.39. The predicted molar refractivity (Wildman–Crippen MR) is 90.0 cm³/mol. The Labute approximate surface area is 124 Å². The topological polar surface area (TPSA) is 0 Å². The SMILES string of the molecule is ClI.ClI(c1ccccc1)c1ccccc1. The van der Waals surface area contributed by atoms with Crippen LogP contribution in [0.2, 0.25) is 0 Å². The Hall–Kier alpha value is 0.480. The van der Waals surface area contributed by atoms with Crippen LogP contribution in [0, 0.1) is 7.14 Å². The van der Waals surface area contributed by atoms with E-state index < -0.39 is 18.7 Å². The van der Waals surface area contributed by atoms with Gasteiger partial charge in [0.2, 0.25) is 0 Å². The molecular formula is C12H10Cl2I2. The number of hydrogen-bond acceptors (Lipinski definition) is 0. The van der Waals surface area contributed by atoms with Crippen molar-refractivity contribution in [3.8, 4) is 0 Å². The average Bonchev–Trinajstić information content (AvgIpc) is 2.42. The summed E-state index contributed by atoms with van der Waals surface area (Å²) < 4.78 is 2.59. The maximum atomic E-state index is 6.49. The van der Waals surface area contributed by atoms with Crippen LogP contribution >= 0.6 is 58.0 Å². The van der Waals surface area contributed by atoms with E-state index in [-0.39, 0.29) is 0 Å². The van der Waals surface area contributed by atoms with E-state index in [2.05, 4.69) is 33.2 Å². The third-order valence-electron chi connectivity index (χ3n) is 1.85. The summed E-state index contributed by atoms with van der Waals surface area (Å²) in [5.74, 6) is 0. The average molecular weight is 479 g/mol. The molecule has 4 heteroatoms. The molecule has 16 heavy (non-hydrogen) atoms. The van der Waals surface area contributed by atoms with Crippen LogP contribution in [0.3, 0.4) is 0 Å². The molecule has 0 aliphatic rings. The van der Waals surface area contributed by atoms with E-state index >= 15 is 0 Å². The fourth-order valence-corrected chi connectivity index (χ4v) is 5.27. The quantitative estimate of drug-likeness (QED) is 0.467. The minimum atomic E-state index is -1.63. The van der Waals surface area contributed by atoms with Gasteiger partial charge in [-0.2, -0.15) is 0 Å². The number of rotatable bonds is 2. The second-order valence-electron chi connectivity index (χ2n) is 2.83. The molecule has 86 valence electrons. The second kappa shape index (κ2) is 8.55. The van der Waals surface area contributed by atoms with Crippen molar-refractivity contribution in [2.24, 2.45) is 0 Å². The van der Waals surface area contributed by atoms with Gasteiger partial charge in [0, 0.05) is 21.5 Å².